The van der Waals surface area contributed by atoms with Gasteiger partial charge in [0.1, 0.15) is 11.6 Å². The molecule has 1 aliphatic heterocycles. The maximum absolute atomic E-state index is 12.5. The van der Waals surface area contributed by atoms with E-state index in [1.54, 1.807) is 6.20 Å². The van der Waals surface area contributed by atoms with Gasteiger partial charge in [-0.2, -0.15) is 0 Å². The molecule has 0 spiro atoms. The Hall–Kier alpha value is -2.63. The quantitative estimate of drug-likeness (QED) is 0.932. The minimum atomic E-state index is 0.0574. The Bertz CT molecular complexity index is 742. The topological polar surface area (TPSA) is 61.4 Å². The molecule has 1 aromatic carbocycles. The van der Waals surface area contributed by atoms with Gasteiger partial charge in [-0.05, 0) is 25.0 Å². The van der Waals surface area contributed by atoms with E-state index in [1.165, 1.54) is 5.56 Å². The molecule has 2 heterocycles. The van der Waals surface area contributed by atoms with Gasteiger partial charge < -0.3 is 15.1 Å². The predicted molar refractivity (Wildman–Crippen MR) is 96.7 cm³/mol. The number of urea groups is 1. The highest BCUT2D eigenvalue weighted by molar-refractivity contribution is 5.75. The van der Waals surface area contributed by atoms with E-state index in [2.05, 4.69) is 44.5 Å². The average molecular weight is 337 g/mol. The summed E-state index contributed by atoms with van der Waals surface area (Å²) in [5, 5.41) is 3.18. The smallest absolute Gasteiger partial charge is 0.317 e. The van der Waals surface area contributed by atoms with Gasteiger partial charge in [0.25, 0.3) is 0 Å². The van der Waals surface area contributed by atoms with Crippen molar-refractivity contribution in [2.45, 2.75) is 25.3 Å². The van der Waals surface area contributed by atoms with Crippen molar-refractivity contribution in [3.05, 3.63) is 54.0 Å². The van der Waals surface area contributed by atoms with Gasteiger partial charge in [-0.3, -0.25) is 0 Å². The number of benzene rings is 1. The summed E-state index contributed by atoms with van der Waals surface area (Å²) in [6.45, 7) is 4.94. The van der Waals surface area contributed by atoms with Gasteiger partial charge in [0.15, 0.2) is 0 Å². The van der Waals surface area contributed by atoms with Crippen LogP contribution in [0.4, 0.5) is 10.6 Å². The molecular weight excluding hydrogens is 314 g/mol. The number of rotatable bonds is 3. The van der Waals surface area contributed by atoms with Crippen LogP contribution >= 0.6 is 0 Å². The third-order valence-electron chi connectivity index (χ3n) is 4.98. The zero-order valence-electron chi connectivity index (χ0n) is 14.4. The van der Waals surface area contributed by atoms with Crippen LogP contribution in [0.1, 0.15) is 23.7 Å². The van der Waals surface area contributed by atoms with Crippen LogP contribution < -0.4 is 10.2 Å². The van der Waals surface area contributed by atoms with Crippen LogP contribution in [0.2, 0.25) is 0 Å². The first-order valence-corrected chi connectivity index (χ1v) is 8.86. The summed E-state index contributed by atoms with van der Waals surface area (Å²) in [4.78, 5) is 25.2. The number of amides is 2. The lowest BCUT2D eigenvalue weighted by Gasteiger charge is -2.35. The highest BCUT2D eigenvalue weighted by atomic mass is 16.2. The lowest BCUT2D eigenvalue weighted by Crippen LogP contribution is -2.52. The second-order valence-electron chi connectivity index (χ2n) is 6.75. The number of piperazine rings is 1. The third-order valence-corrected chi connectivity index (χ3v) is 4.98. The highest BCUT2D eigenvalue weighted by Gasteiger charge is 2.40. The number of carbonyl (C=O) groups excluding carboxylic acids is 1. The van der Waals surface area contributed by atoms with Crippen molar-refractivity contribution < 1.29 is 4.79 Å². The van der Waals surface area contributed by atoms with Crippen molar-refractivity contribution in [1.82, 2.24) is 20.2 Å². The fraction of sp³-hybridized carbons (Fsp3) is 0.421. The molecule has 4 rings (SSSR count). The SMILES string of the molecule is Cc1nccc(N2CCN(C(=O)N[C@@H]3C[C@H]3c3ccccc3)CC2)n1. The number of carbonyl (C=O) groups is 1. The Morgan fingerprint density at radius 2 is 1.88 bits per heavy atom. The first-order valence-electron chi connectivity index (χ1n) is 8.86. The first-order chi connectivity index (χ1) is 12.2. The third kappa shape index (κ3) is 3.57. The van der Waals surface area contributed by atoms with Gasteiger partial charge in [-0.25, -0.2) is 14.8 Å². The maximum Gasteiger partial charge on any atom is 0.317 e. The molecule has 1 saturated heterocycles. The predicted octanol–water partition coefficient (Wildman–Crippen LogP) is 2.17. The molecule has 6 heteroatoms. The van der Waals surface area contributed by atoms with E-state index in [4.69, 9.17) is 0 Å². The average Bonchev–Trinajstić information content (AvgIpc) is 3.42. The number of nitrogens with zero attached hydrogens (tertiary/aromatic N) is 4. The number of aromatic nitrogens is 2. The van der Waals surface area contributed by atoms with E-state index in [0.717, 1.165) is 44.2 Å². The van der Waals surface area contributed by atoms with Gasteiger partial charge in [0, 0.05) is 44.3 Å². The van der Waals surface area contributed by atoms with Crippen LogP contribution in [0.15, 0.2) is 42.6 Å². The van der Waals surface area contributed by atoms with Gasteiger partial charge in [-0.15, -0.1) is 0 Å². The van der Waals surface area contributed by atoms with Gasteiger partial charge in [0.2, 0.25) is 0 Å². The molecule has 0 bridgehead atoms. The van der Waals surface area contributed by atoms with E-state index >= 15 is 0 Å². The zero-order valence-corrected chi connectivity index (χ0v) is 14.4. The molecule has 6 nitrogen and oxygen atoms in total. The molecule has 1 aromatic heterocycles. The summed E-state index contributed by atoms with van der Waals surface area (Å²) in [6, 6.07) is 12.7. The zero-order chi connectivity index (χ0) is 17.2. The second-order valence-corrected chi connectivity index (χ2v) is 6.75. The largest absolute Gasteiger partial charge is 0.353 e. The molecule has 0 radical (unpaired) electrons. The lowest BCUT2D eigenvalue weighted by atomic mass is 10.1. The van der Waals surface area contributed by atoms with E-state index in [9.17, 15) is 4.79 Å². The van der Waals surface area contributed by atoms with E-state index in [1.807, 2.05) is 24.0 Å². The second kappa shape index (κ2) is 6.70. The molecule has 1 saturated carbocycles. The summed E-state index contributed by atoms with van der Waals surface area (Å²) in [7, 11) is 0. The summed E-state index contributed by atoms with van der Waals surface area (Å²) >= 11 is 0. The maximum atomic E-state index is 12.5. The van der Waals surface area contributed by atoms with Crippen LogP contribution in [-0.2, 0) is 0 Å². The van der Waals surface area contributed by atoms with Crippen molar-refractivity contribution >= 4 is 11.8 Å². The highest BCUT2D eigenvalue weighted by Crippen LogP contribution is 2.40. The molecule has 2 fully saturated rings. The van der Waals surface area contributed by atoms with Gasteiger partial charge >= 0.3 is 6.03 Å². The minimum Gasteiger partial charge on any atom is -0.353 e. The molecular formula is C19H23N5O. The van der Waals surface area contributed by atoms with E-state index in [-0.39, 0.29) is 12.1 Å². The standard InChI is InChI=1S/C19H23N5O/c1-14-20-8-7-18(21-14)23-9-11-24(12-10-23)19(25)22-17-13-16(17)15-5-3-2-4-6-15/h2-8,16-17H,9-13H2,1H3,(H,22,25)/t16-,17+/m0/s1. The molecule has 2 aromatic rings. The number of hydrogen-bond acceptors (Lipinski definition) is 4. The van der Waals surface area contributed by atoms with Crippen molar-refractivity contribution in [2.24, 2.45) is 0 Å². The summed E-state index contributed by atoms with van der Waals surface area (Å²) in [5.41, 5.74) is 1.32. The number of anilines is 1. The monoisotopic (exact) mass is 337 g/mol. The Morgan fingerprint density at radius 3 is 2.60 bits per heavy atom. The van der Waals surface area contributed by atoms with Crippen LogP contribution in [0.5, 0.6) is 0 Å². The van der Waals surface area contributed by atoms with Crippen molar-refractivity contribution in [2.75, 3.05) is 31.1 Å². The van der Waals surface area contributed by atoms with E-state index < -0.39 is 0 Å². The Labute approximate surface area is 147 Å². The van der Waals surface area contributed by atoms with Crippen molar-refractivity contribution in [3.63, 3.8) is 0 Å². The lowest BCUT2D eigenvalue weighted by molar-refractivity contribution is 0.193. The molecule has 1 N–H and O–H groups in total. The molecule has 2 aliphatic rings. The van der Waals surface area contributed by atoms with Crippen LogP contribution in [0, 0.1) is 6.92 Å². The summed E-state index contributed by atoms with van der Waals surface area (Å²) in [5.74, 6) is 2.19. The molecule has 2 atom stereocenters. The summed E-state index contributed by atoms with van der Waals surface area (Å²) in [6.07, 6.45) is 2.82. The minimum absolute atomic E-state index is 0.0574. The van der Waals surface area contributed by atoms with Crippen molar-refractivity contribution in [3.8, 4) is 0 Å². The Balaban J connectivity index is 1.28. The number of nitrogens with one attached hydrogen (secondary N) is 1. The number of aryl methyl sites for hydroxylation is 1. The first kappa shape index (κ1) is 15.9. The van der Waals surface area contributed by atoms with Gasteiger partial charge in [-0.1, -0.05) is 30.3 Å². The van der Waals surface area contributed by atoms with Gasteiger partial charge in [0.05, 0.1) is 0 Å². The Morgan fingerprint density at radius 1 is 1.12 bits per heavy atom. The fourth-order valence-corrected chi connectivity index (χ4v) is 3.43. The normalized spacial score (nSPS) is 22.6. The summed E-state index contributed by atoms with van der Waals surface area (Å²) < 4.78 is 0. The molecule has 25 heavy (non-hydrogen) atoms. The molecule has 2 amide bonds. The Kier molecular flexibility index (Phi) is 4.26. The molecule has 0 unspecified atom stereocenters. The number of hydrogen-bond donors (Lipinski definition) is 1. The van der Waals surface area contributed by atoms with Crippen LogP contribution in [-0.4, -0.2) is 53.1 Å². The molecule has 130 valence electrons. The van der Waals surface area contributed by atoms with E-state index in [0.29, 0.717) is 5.92 Å². The van der Waals surface area contributed by atoms with Crippen molar-refractivity contribution in [1.29, 1.82) is 0 Å². The van der Waals surface area contributed by atoms with Crippen LogP contribution in [0.25, 0.3) is 0 Å². The molecule has 1 aliphatic carbocycles. The van der Waals surface area contributed by atoms with Crippen LogP contribution in [0.3, 0.4) is 0 Å². The fourth-order valence-electron chi connectivity index (χ4n) is 3.43.